The number of carbonyl (C=O) groups excluding carboxylic acids is 1. The van der Waals surface area contributed by atoms with Crippen molar-refractivity contribution in [3.8, 4) is 0 Å². The number of carboxylic acids is 1. The normalized spacial score (nSPS) is 13.0. The lowest BCUT2D eigenvalue weighted by atomic mass is 10.1. The largest absolute Gasteiger partial charge is 0.478 e. The van der Waals surface area contributed by atoms with Crippen LogP contribution in [-0.2, 0) is 13.1 Å². The van der Waals surface area contributed by atoms with Crippen molar-refractivity contribution in [2.24, 2.45) is 0 Å². The van der Waals surface area contributed by atoms with Crippen LogP contribution in [0.4, 0.5) is 5.00 Å². The SMILES string of the molecule is Cc1nsc(NC(=O)c2ccc3c(c2)CNC3)c1C(=O)O. The molecule has 0 unspecified atom stereocenters. The molecule has 1 aliphatic heterocycles. The number of hydrogen-bond donors (Lipinski definition) is 3. The molecule has 3 rings (SSSR count). The van der Waals surface area contributed by atoms with Crippen LogP contribution in [0.25, 0.3) is 0 Å². The monoisotopic (exact) mass is 303 g/mol. The smallest absolute Gasteiger partial charge is 0.340 e. The maximum absolute atomic E-state index is 12.3. The van der Waals surface area contributed by atoms with Gasteiger partial charge in [-0.2, -0.15) is 4.37 Å². The van der Waals surface area contributed by atoms with E-state index >= 15 is 0 Å². The zero-order chi connectivity index (χ0) is 15.0. The summed E-state index contributed by atoms with van der Waals surface area (Å²) in [5.74, 6) is -1.41. The van der Waals surface area contributed by atoms with Crippen LogP contribution in [0.3, 0.4) is 0 Å². The maximum atomic E-state index is 12.3. The van der Waals surface area contributed by atoms with E-state index in [1.165, 1.54) is 5.56 Å². The molecule has 3 N–H and O–H groups in total. The van der Waals surface area contributed by atoms with E-state index in [4.69, 9.17) is 5.11 Å². The number of rotatable bonds is 3. The summed E-state index contributed by atoms with van der Waals surface area (Å²) in [5, 5.41) is 15.3. The molecule has 1 amide bonds. The lowest BCUT2D eigenvalue weighted by Crippen LogP contribution is -2.14. The van der Waals surface area contributed by atoms with Crippen molar-refractivity contribution < 1.29 is 14.7 Å². The number of anilines is 1. The van der Waals surface area contributed by atoms with Crippen molar-refractivity contribution in [1.82, 2.24) is 9.69 Å². The summed E-state index contributed by atoms with van der Waals surface area (Å²) in [4.78, 5) is 23.4. The molecule has 2 aromatic rings. The van der Waals surface area contributed by atoms with Gasteiger partial charge in [-0.3, -0.25) is 4.79 Å². The second-order valence-corrected chi connectivity index (χ2v) is 5.59. The number of amides is 1. The highest BCUT2D eigenvalue weighted by Gasteiger charge is 2.20. The molecule has 21 heavy (non-hydrogen) atoms. The third-order valence-electron chi connectivity index (χ3n) is 3.40. The molecule has 7 heteroatoms. The van der Waals surface area contributed by atoms with Crippen molar-refractivity contribution in [2.45, 2.75) is 20.0 Å². The Kier molecular flexibility index (Phi) is 3.44. The maximum Gasteiger partial charge on any atom is 0.340 e. The predicted octanol–water partition coefficient (Wildman–Crippen LogP) is 2.01. The quantitative estimate of drug-likeness (QED) is 0.806. The molecule has 1 aromatic heterocycles. The second-order valence-electron chi connectivity index (χ2n) is 4.82. The Morgan fingerprint density at radius 3 is 2.86 bits per heavy atom. The van der Waals surface area contributed by atoms with Crippen LogP contribution in [0.2, 0.25) is 0 Å². The first-order valence-corrected chi connectivity index (χ1v) is 7.17. The van der Waals surface area contributed by atoms with Gasteiger partial charge in [0.2, 0.25) is 0 Å². The number of nitrogens with zero attached hydrogens (tertiary/aromatic N) is 1. The number of aromatic nitrogens is 1. The van der Waals surface area contributed by atoms with Gasteiger partial charge in [-0.05, 0) is 41.7 Å². The average Bonchev–Trinajstić information content (AvgIpc) is 3.04. The van der Waals surface area contributed by atoms with Crippen molar-refractivity contribution in [3.05, 3.63) is 46.1 Å². The Labute approximate surface area is 125 Å². The predicted molar refractivity (Wildman–Crippen MR) is 78.7 cm³/mol. The third kappa shape index (κ3) is 2.53. The highest BCUT2D eigenvalue weighted by Crippen LogP contribution is 2.25. The second kappa shape index (κ2) is 5.27. The molecule has 0 atom stereocenters. The van der Waals surface area contributed by atoms with Gasteiger partial charge in [-0.25, -0.2) is 4.79 Å². The van der Waals surface area contributed by atoms with E-state index in [1.54, 1.807) is 13.0 Å². The minimum atomic E-state index is -1.09. The van der Waals surface area contributed by atoms with E-state index in [-0.39, 0.29) is 16.5 Å². The minimum Gasteiger partial charge on any atom is -0.478 e. The molecule has 0 saturated carbocycles. The van der Waals surface area contributed by atoms with Crippen LogP contribution in [0.15, 0.2) is 18.2 Å². The van der Waals surface area contributed by atoms with Crippen LogP contribution in [0, 0.1) is 6.92 Å². The van der Waals surface area contributed by atoms with E-state index < -0.39 is 5.97 Å². The fourth-order valence-corrected chi connectivity index (χ4v) is 3.10. The Morgan fingerprint density at radius 1 is 1.33 bits per heavy atom. The molecule has 0 aliphatic carbocycles. The zero-order valence-corrected chi connectivity index (χ0v) is 12.1. The van der Waals surface area contributed by atoms with Gasteiger partial charge < -0.3 is 15.7 Å². The molecule has 108 valence electrons. The van der Waals surface area contributed by atoms with Gasteiger partial charge in [0.1, 0.15) is 10.6 Å². The van der Waals surface area contributed by atoms with Gasteiger partial charge in [0, 0.05) is 18.7 Å². The minimum absolute atomic E-state index is 0.0520. The number of aryl methyl sites for hydroxylation is 1. The number of benzene rings is 1. The third-order valence-corrected chi connectivity index (χ3v) is 4.26. The fourth-order valence-electron chi connectivity index (χ4n) is 2.32. The summed E-state index contributed by atoms with van der Waals surface area (Å²) in [6.07, 6.45) is 0. The van der Waals surface area contributed by atoms with Crippen molar-refractivity contribution in [2.75, 3.05) is 5.32 Å². The first-order chi connectivity index (χ1) is 10.1. The standard InChI is InChI=1S/C14H13N3O3S/c1-7-11(14(19)20)13(21-17-7)16-12(18)8-2-3-9-5-15-6-10(9)4-8/h2-4,15H,5-6H2,1H3,(H,16,18)(H,19,20). The van der Waals surface area contributed by atoms with Gasteiger partial charge in [-0.15, -0.1) is 0 Å². The van der Waals surface area contributed by atoms with Crippen molar-refractivity contribution >= 4 is 28.4 Å². The molecule has 0 bridgehead atoms. The van der Waals surface area contributed by atoms with E-state index in [1.807, 2.05) is 12.1 Å². The highest BCUT2D eigenvalue weighted by atomic mass is 32.1. The zero-order valence-electron chi connectivity index (χ0n) is 11.3. The molecule has 1 aromatic carbocycles. The van der Waals surface area contributed by atoms with Gasteiger partial charge in [0.15, 0.2) is 0 Å². The molecule has 6 nitrogen and oxygen atoms in total. The summed E-state index contributed by atoms with van der Waals surface area (Å²) in [6.45, 7) is 3.17. The van der Waals surface area contributed by atoms with E-state index in [2.05, 4.69) is 15.0 Å². The van der Waals surface area contributed by atoms with E-state index in [9.17, 15) is 9.59 Å². The van der Waals surface area contributed by atoms with Crippen molar-refractivity contribution in [1.29, 1.82) is 0 Å². The Morgan fingerprint density at radius 2 is 2.10 bits per heavy atom. The summed E-state index contributed by atoms with van der Waals surface area (Å²) < 4.78 is 3.98. The van der Waals surface area contributed by atoms with Gasteiger partial charge >= 0.3 is 5.97 Å². The summed E-state index contributed by atoms with van der Waals surface area (Å²) in [6, 6.07) is 5.49. The Bertz CT molecular complexity index is 739. The summed E-state index contributed by atoms with van der Waals surface area (Å²) in [7, 11) is 0. The Hall–Kier alpha value is -2.25. The number of carbonyl (C=O) groups is 2. The number of carboxylic acid groups (broad SMARTS) is 1. The van der Waals surface area contributed by atoms with Gasteiger partial charge in [-0.1, -0.05) is 6.07 Å². The number of nitrogens with one attached hydrogen (secondary N) is 2. The first kappa shape index (κ1) is 13.7. The summed E-state index contributed by atoms with van der Waals surface area (Å²) >= 11 is 0.978. The van der Waals surface area contributed by atoms with Gasteiger partial charge in [0.25, 0.3) is 5.91 Å². The van der Waals surface area contributed by atoms with Crippen LogP contribution < -0.4 is 10.6 Å². The Balaban J connectivity index is 1.85. The van der Waals surface area contributed by atoms with Crippen LogP contribution in [0.5, 0.6) is 0 Å². The highest BCUT2D eigenvalue weighted by molar-refractivity contribution is 7.11. The van der Waals surface area contributed by atoms with Crippen molar-refractivity contribution in [3.63, 3.8) is 0 Å². The number of aromatic carboxylic acids is 1. The number of hydrogen-bond acceptors (Lipinski definition) is 5. The summed E-state index contributed by atoms with van der Waals surface area (Å²) in [5.41, 5.74) is 3.25. The first-order valence-electron chi connectivity index (χ1n) is 6.39. The van der Waals surface area contributed by atoms with E-state index in [0.29, 0.717) is 11.3 Å². The molecule has 2 heterocycles. The molecule has 0 radical (unpaired) electrons. The van der Waals surface area contributed by atoms with Crippen LogP contribution in [0.1, 0.15) is 37.5 Å². The fraction of sp³-hybridized carbons (Fsp3) is 0.214. The molecule has 0 spiro atoms. The van der Waals surface area contributed by atoms with Crippen LogP contribution >= 0.6 is 11.5 Å². The number of fused-ring (bicyclic) bond motifs is 1. The topological polar surface area (TPSA) is 91.3 Å². The molecule has 0 fully saturated rings. The van der Waals surface area contributed by atoms with Crippen LogP contribution in [-0.4, -0.2) is 21.4 Å². The van der Waals surface area contributed by atoms with E-state index in [0.717, 1.165) is 30.2 Å². The molecule has 0 saturated heterocycles. The lowest BCUT2D eigenvalue weighted by Gasteiger charge is -2.06. The lowest BCUT2D eigenvalue weighted by molar-refractivity contribution is 0.0697. The molecular formula is C14H13N3O3S. The molecule has 1 aliphatic rings. The molecular weight excluding hydrogens is 290 g/mol. The average molecular weight is 303 g/mol. The van der Waals surface area contributed by atoms with Gasteiger partial charge in [0.05, 0.1) is 5.69 Å².